The number of hydrogen-bond acceptors (Lipinski definition) is 3. The van der Waals surface area contributed by atoms with E-state index in [-0.39, 0.29) is 20.6 Å². The Labute approximate surface area is 131 Å². The average molecular weight is 349 g/mol. The molecule has 0 heterocycles. The number of rotatable bonds is 3. The summed E-state index contributed by atoms with van der Waals surface area (Å²) in [6.07, 6.45) is 0. The van der Waals surface area contributed by atoms with E-state index in [1.165, 1.54) is 18.2 Å². The molecular formula is C13H11Cl2FN2O2S. The quantitative estimate of drug-likeness (QED) is 0.828. The van der Waals surface area contributed by atoms with E-state index in [0.29, 0.717) is 11.3 Å². The van der Waals surface area contributed by atoms with E-state index in [1.807, 2.05) is 0 Å². The highest BCUT2D eigenvalue weighted by Crippen LogP contribution is 2.30. The molecule has 0 spiro atoms. The van der Waals surface area contributed by atoms with E-state index in [9.17, 15) is 12.8 Å². The number of hydrogen-bond donors (Lipinski definition) is 2. The zero-order valence-corrected chi connectivity index (χ0v) is 13.2. The van der Waals surface area contributed by atoms with E-state index in [1.54, 1.807) is 6.92 Å². The number of nitrogens with two attached hydrogens (primary N) is 1. The third-order valence-corrected chi connectivity index (χ3v) is 4.95. The normalized spacial score (nSPS) is 11.4. The number of benzene rings is 2. The highest BCUT2D eigenvalue weighted by Gasteiger charge is 2.20. The first-order valence-corrected chi connectivity index (χ1v) is 7.98. The lowest BCUT2D eigenvalue weighted by Crippen LogP contribution is -2.14. The van der Waals surface area contributed by atoms with Crippen molar-refractivity contribution in [2.24, 2.45) is 0 Å². The third kappa shape index (κ3) is 3.40. The summed E-state index contributed by atoms with van der Waals surface area (Å²) in [7, 11) is -4.04. The van der Waals surface area contributed by atoms with Crippen LogP contribution >= 0.6 is 23.2 Å². The van der Waals surface area contributed by atoms with Crippen LogP contribution in [0.4, 0.5) is 15.8 Å². The zero-order chi connectivity index (χ0) is 15.8. The molecule has 0 saturated heterocycles. The number of sulfonamides is 1. The van der Waals surface area contributed by atoms with E-state index in [2.05, 4.69) is 4.72 Å². The predicted molar refractivity (Wildman–Crippen MR) is 82.8 cm³/mol. The first-order valence-electron chi connectivity index (χ1n) is 5.74. The van der Waals surface area contributed by atoms with Gasteiger partial charge >= 0.3 is 0 Å². The van der Waals surface area contributed by atoms with Crippen molar-refractivity contribution < 1.29 is 12.8 Å². The fourth-order valence-electron chi connectivity index (χ4n) is 1.70. The smallest absolute Gasteiger partial charge is 0.263 e. The van der Waals surface area contributed by atoms with Crippen LogP contribution < -0.4 is 10.5 Å². The van der Waals surface area contributed by atoms with Crippen molar-refractivity contribution in [1.29, 1.82) is 0 Å². The number of nitrogens with one attached hydrogen (secondary N) is 1. The van der Waals surface area contributed by atoms with Crippen LogP contribution in [-0.4, -0.2) is 8.42 Å². The van der Waals surface area contributed by atoms with Gasteiger partial charge in [-0.2, -0.15) is 0 Å². The minimum Gasteiger partial charge on any atom is -0.398 e. The summed E-state index contributed by atoms with van der Waals surface area (Å²) in [6.45, 7) is 1.66. The molecule has 2 aromatic rings. The molecule has 0 aliphatic rings. The Morgan fingerprint density at radius 1 is 1.14 bits per heavy atom. The van der Waals surface area contributed by atoms with E-state index in [0.717, 1.165) is 12.1 Å². The molecule has 0 radical (unpaired) electrons. The SMILES string of the molecule is Cc1cc(N)c(Cl)cc1NS(=O)(=O)c1cc(F)ccc1Cl. The van der Waals surface area contributed by atoms with Crippen molar-refractivity contribution in [3.05, 3.63) is 51.8 Å². The highest BCUT2D eigenvalue weighted by atomic mass is 35.5. The van der Waals surface area contributed by atoms with Crippen LogP contribution in [0.1, 0.15) is 5.56 Å². The summed E-state index contributed by atoms with van der Waals surface area (Å²) in [4.78, 5) is -0.350. The zero-order valence-electron chi connectivity index (χ0n) is 10.8. The molecule has 0 atom stereocenters. The number of halogens is 3. The third-order valence-electron chi connectivity index (χ3n) is 2.77. The van der Waals surface area contributed by atoms with Crippen molar-refractivity contribution in [3.63, 3.8) is 0 Å². The van der Waals surface area contributed by atoms with Crippen LogP contribution in [0.3, 0.4) is 0 Å². The van der Waals surface area contributed by atoms with Gasteiger partial charge in [-0.15, -0.1) is 0 Å². The maximum absolute atomic E-state index is 13.2. The molecule has 112 valence electrons. The van der Waals surface area contributed by atoms with Crippen LogP contribution in [0.2, 0.25) is 10.0 Å². The molecule has 3 N–H and O–H groups in total. The van der Waals surface area contributed by atoms with Gasteiger partial charge in [0.2, 0.25) is 0 Å². The molecular weight excluding hydrogens is 338 g/mol. The molecule has 8 heteroatoms. The maximum Gasteiger partial charge on any atom is 0.263 e. The van der Waals surface area contributed by atoms with E-state index >= 15 is 0 Å². The molecule has 0 aliphatic heterocycles. The molecule has 0 fully saturated rings. The Morgan fingerprint density at radius 3 is 2.48 bits per heavy atom. The molecule has 0 aromatic heterocycles. The molecule has 0 saturated carbocycles. The second-order valence-electron chi connectivity index (χ2n) is 4.37. The van der Waals surface area contributed by atoms with Gasteiger partial charge in [0.1, 0.15) is 10.7 Å². The lowest BCUT2D eigenvalue weighted by molar-refractivity contribution is 0.595. The summed E-state index contributed by atoms with van der Waals surface area (Å²) >= 11 is 11.7. The van der Waals surface area contributed by atoms with Crippen LogP contribution in [0.15, 0.2) is 35.2 Å². The standard InChI is InChI=1S/C13H11Cl2FN2O2S/c1-7-4-11(17)10(15)6-12(7)18-21(19,20)13-5-8(16)2-3-9(13)14/h2-6,18H,17H2,1H3. The molecule has 4 nitrogen and oxygen atoms in total. The highest BCUT2D eigenvalue weighted by molar-refractivity contribution is 7.92. The van der Waals surface area contributed by atoms with Crippen molar-refractivity contribution in [2.45, 2.75) is 11.8 Å². The van der Waals surface area contributed by atoms with Crippen molar-refractivity contribution in [2.75, 3.05) is 10.5 Å². The Kier molecular flexibility index (Phi) is 4.32. The first-order chi connectivity index (χ1) is 9.70. The van der Waals surface area contributed by atoms with Gasteiger partial charge in [-0.1, -0.05) is 23.2 Å². The van der Waals surface area contributed by atoms with Gasteiger partial charge in [0.05, 0.1) is 21.4 Å². The fraction of sp³-hybridized carbons (Fsp3) is 0.0769. The van der Waals surface area contributed by atoms with Gasteiger partial charge in [0, 0.05) is 0 Å². The van der Waals surface area contributed by atoms with Crippen LogP contribution in [0, 0.1) is 12.7 Å². The molecule has 2 aromatic carbocycles. The maximum atomic E-state index is 13.2. The Morgan fingerprint density at radius 2 is 1.81 bits per heavy atom. The Bertz CT molecular complexity index is 810. The van der Waals surface area contributed by atoms with Gasteiger partial charge in [-0.25, -0.2) is 12.8 Å². The molecule has 0 amide bonds. The van der Waals surface area contributed by atoms with Crippen LogP contribution in [0.5, 0.6) is 0 Å². The first kappa shape index (κ1) is 15.9. The largest absolute Gasteiger partial charge is 0.398 e. The molecule has 21 heavy (non-hydrogen) atoms. The van der Waals surface area contributed by atoms with Crippen LogP contribution in [0.25, 0.3) is 0 Å². The summed E-state index contributed by atoms with van der Waals surface area (Å²) in [5.74, 6) is -0.702. The second kappa shape index (κ2) is 5.71. The molecule has 0 unspecified atom stereocenters. The van der Waals surface area contributed by atoms with E-state index in [4.69, 9.17) is 28.9 Å². The topological polar surface area (TPSA) is 72.2 Å². The number of anilines is 2. The lowest BCUT2D eigenvalue weighted by Gasteiger charge is -2.13. The summed E-state index contributed by atoms with van der Waals surface area (Å²) in [6, 6.07) is 6.02. The fourth-order valence-corrected chi connectivity index (χ4v) is 3.49. The molecule has 0 bridgehead atoms. The van der Waals surface area contributed by atoms with E-state index < -0.39 is 15.8 Å². The Hall–Kier alpha value is -1.50. The van der Waals surface area contributed by atoms with Crippen molar-refractivity contribution >= 4 is 44.6 Å². The monoisotopic (exact) mass is 348 g/mol. The molecule has 2 rings (SSSR count). The van der Waals surface area contributed by atoms with Gasteiger partial charge < -0.3 is 5.73 Å². The van der Waals surface area contributed by atoms with Gasteiger partial charge in [0.15, 0.2) is 0 Å². The van der Waals surface area contributed by atoms with Crippen LogP contribution in [-0.2, 0) is 10.0 Å². The second-order valence-corrected chi connectivity index (χ2v) is 6.83. The summed E-state index contributed by atoms with van der Waals surface area (Å²) < 4.78 is 40.1. The predicted octanol–water partition coefficient (Wildman–Crippen LogP) is 3.82. The minimum absolute atomic E-state index is 0.0805. The summed E-state index contributed by atoms with van der Waals surface area (Å²) in [5.41, 5.74) is 6.78. The van der Waals surface area contributed by atoms with Gasteiger partial charge in [-0.3, -0.25) is 4.72 Å². The van der Waals surface area contributed by atoms with Crippen molar-refractivity contribution in [1.82, 2.24) is 0 Å². The van der Waals surface area contributed by atoms with Gasteiger partial charge in [0.25, 0.3) is 10.0 Å². The minimum atomic E-state index is -4.04. The average Bonchev–Trinajstić information content (AvgIpc) is 2.38. The molecule has 0 aliphatic carbocycles. The summed E-state index contributed by atoms with van der Waals surface area (Å²) in [5, 5.41) is 0.131. The lowest BCUT2D eigenvalue weighted by atomic mass is 10.2. The van der Waals surface area contributed by atoms with Gasteiger partial charge in [-0.05, 0) is 42.8 Å². The number of aryl methyl sites for hydroxylation is 1. The number of nitrogen functional groups attached to an aromatic ring is 1. The Balaban J connectivity index is 2.47. The van der Waals surface area contributed by atoms with Crippen molar-refractivity contribution in [3.8, 4) is 0 Å².